The highest BCUT2D eigenvalue weighted by Gasteiger charge is 2.06. The lowest BCUT2D eigenvalue weighted by atomic mass is 10.2. The molecule has 110 valence electrons. The zero-order valence-electron chi connectivity index (χ0n) is 12.5. The predicted octanol–water partition coefficient (Wildman–Crippen LogP) is 2.92. The maximum Gasteiger partial charge on any atom is 0.162 e. The van der Waals surface area contributed by atoms with Gasteiger partial charge in [-0.3, -0.25) is 0 Å². The van der Waals surface area contributed by atoms with Crippen LogP contribution in [0.25, 0.3) is 0 Å². The van der Waals surface area contributed by atoms with E-state index in [4.69, 9.17) is 14.7 Å². The molecule has 0 unspecified atom stereocenters. The van der Waals surface area contributed by atoms with Crippen LogP contribution >= 0.6 is 0 Å². The number of hydrogen-bond acceptors (Lipinski definition) is 4. The summed E-state index contributed by atoms with van der Waals surface area (Å²) in [6, 6.07) is 9.76. The van der Waals surface area contributed by atoms with Gasteiger partial charge in [0.05, 0.1) is 13.7 Å². The molecule has 2 aromatic rings. The van der Waals surface area contributed by atoms with Crippen molar-refractivity contribution in [2.24, 2.45) is 7.05 Å². The molecular weight excluding hydrogens is 266 g/mol. The second kappa shape index (κ2) is 6.71. The van der Waals surface area contributed by atoms with Gasteiger partial charge in [-0.2, -0.15) is 5.26 Å². The van der Waals surface area contributed by atoms with Gasteiger partial charge in [-0.25, -0.2) is 0 Å². The highest BCUT2D eigenvalue weighted by Crippen LogP contribution is 2.30. The van der Waals surface area contributed by atoms with Crippen molar-refractivity contribution >= 4 is 5.69 Å². The molecule has 0 saturated carbocycles. The van der Waals surface area contributed by atoms with Crippen LogP contribution in [0, 0.1) is 11.3 Å². The van der Waals surface area contributed by atoms with Gasteiger partial charge >= 0.3 is 0 Å². The van der Waals surface area contributed by atoms with Gasteiger partial charge in [0.1, 0.15) is 11.8 Å². The molecule has 0 bridgehead atoms. The Hall–Kier alpha value is -2.61. The number of nitrogens with one attached hydrogen (secondary N) is 1. The molecule has 2 rings (SSSR count). The summed E-state index contributed by atoms with van der Waals surface area (Å²) in [7, 11) is 3.49. The van der Waals surface area contributed by atoms with Crippen molar-refractivity contribution in [3.8, 4) is 17.6 Å². The van der Waals surface area contributed by atoms with Crippen LogP contribution in [0.2, 0.25) is 0 Å². The van der Waals surface area contributed by atoms with E-state index in [1.54, 1.807) is 7.11 Å². The van der Waals surface area contributed by atoms with Crippen molar-refractivity contribution in [3.05, 3.63) is 41.7 Å². The van der Waals surface area contributed by atoms with Crippen LogP contribution < -0.4 is 14.8 Å². The summed E-state index contributed by atoms with van der Waals surface area (Å²) in [6.45, 7) is 3.19. The fourth-order valence-corrected chi connectivity index (χ4v) is 2.10. The second-order valence-corrected chi connectivity index (χ2v) is 4.61. The largest absolute Gasteiger partial charge is 0.493 e. The number of aromatic nitrogens is 1. The van der Waals surface area contributed by atoms with Crippen molar-refractivity contribution in [2.45, 2.75) is 13.5 Å². The Morgan fingerprint density at radius 2 is 2.10 bits per heavy atom. The number of nitriles is 1. The maximum absolute atomic E-state index is 8.94. The van der Waals surface area contributed by atoms with E-state index in [-0.39, 0.29) is 0 Å². The fourth-order valence-electron chi connectivity index (χ4n) is 2.10. The van der Waals surface area contributed by atoms with E-state index >= 15 is 0 Å². The Bertz CT molecular complexity index is 656. The molecule has 5 heteroatoms. The van der Waals surface area contributed by atoms with Crippen molar-refractivity contribution < 1.29 is 9.47 Å². The van der Waals surface area contributed by atoms with Gasteiger partial charge in [0.2, 0.25) is 0 Å². The van der Waals surface area contributed by atoms with Gasteiger partial charge in [0.15, 0.2) is 11.5 Å². The summed E-state index contributed by atoms with van der Waals surface area (Å²) < 4.78 is 12.6. The molecule has 0 amide bonds. The quantitative estimate of drug-likeness (QED) is 0.886. The predicted molar refractivity (Wildman–Crippen MR) is 81.6 cm³/mol. The Labute approximate surface area is 124 Å². The average Bonchev–Trinajstić information content (AvgIpc) is 2.86. The van der Waals surface area contributed by atoms with Gasteiger partial charge in [0.25, 0.3) is 0 Å². The number of rotatable bonds is 6. The first kappa shape index (κ1) is 14.8. The SMILES string of the molecule is CCOc1ccc(NCc2cc(C#N)n(C)c2)cc1OC. The Kier molecular flexibility index (Phi) is 4.72. The number of ether oxygens (including phenoxy) is 2. The Morgan fingerprint density at radius 1 is 1.29 bits per heavy atom. The molecular formula is C16H19N3O2. The maximum atomic E-state index is 8.94. The molecule has 0 fully saturated rings. The van der Waals surface area contributed by atoms with Gasteiger partial charge in [0, 0.05) is 31.5 Å². The van der Waals surface area contributed by atoms with Crippen molar-refractivity contribution in [2.75, 3.05) is 19.0 Å². The van der Waals surface area contributed by atoms with Crippen LogP contribution in [0.4, 0.5) is 5.69 Å². The smallest absolute Gasteiger partial charge is 0.162 e. The molecule has 0 spiro atoms. The number of methoxy groups -OCH3 is 1. The third-order valence-electron chi connectivity index (χ3n) is 3.14. The number of nitrogens with zero attached hydrogens (tertiary/aromatic N) is 2. The molecule has 1 N–H and O–H groups in total. The molecule has 1 aromatic heterocycles. The van der Waals surface area contributed by atoms with E-state index in [1.807, 2.05) is 49.0 Å². The summed E-state index contributed by atoms with van der Waals surface area (Å²) in [6.07, 6.45) is 1.94. The van der Waals surface area contributed by atoms with Crippen molar-refractivity contribution in [3.63, 3.8) is 0 Å². The summed E-state index contributed by atoms with van der Waals surface area (Å²) in [5.74, 6) is 1.43. The molecule has 5 nitrogen and oxygen atoms in total. The van der Waals surface area contributed by atoms with Gasteiger partial charge in [-0.1, -0.05) is 0 Å². The van der Waals surface area contributed by atoms with E-state index < -0.39 is 0 Å². The summed E-state index contributed by atoms with van der Waals surface area (Å²) >= 11 is 0. The first-order valence-corrected chi connectivity index (χ1v) is 6.78. The monoisotopic (exact) mass is 285 g/mol. The lowest BCUT2D eigenvalue weighted by Gasteiger charge is -2.12. The summed E-state index contributed by atoms with van der Waals surface area (Å²) in [5.41, 5.74) is 2.65. The fraction of sp³-hybridized carbons (Fsp3) is 0.312. The number of benzene rings is 1. The number of anilines is 1. The van der Waals surface area contributed by atoms with E-state index in [2.05, 4.69) is 11.4 Å². The lowest BCUT2D eigenvalue weighted by molar-refractivity contribution is 0.311. The Balaban J connectivity index is 2.07. The zero-order valence-corrected chi connectivity index (χ0v) is 12.5. The zero-order chi connectivity index (χ0) is 15.2. The lowest BCUT2D eigenvalue weighted by Crippen LogP contribution is -2.00. The van der Waals surface area contributed by atoms with Crippen molar-refractivity contribution in [1.82, 2.24) is 4.57 Å². The van der Waals surface area contributed by atoms with Crippen LogP contribution in [0.5, 0.6) is 11.5 Å². The van der Waals surface area contributed by atoms with E-state index in [1.165, 1.54) is 0 Å². The van der Waals surface area contributed by atoms with Gasteiger partial charge in [-0.05, 0) is 30.7 Å². The molecule has 0 atom stereocenters. The molecule has 0 saturated heterocycles. The minimum atomic E-state index is 0.601. The normalized spacial score (nSPS) is 10.0. The second-order valence-electron chi connectivity index (χ2n) is 4.61. The van der Waals surface area contributed by atoms with E-state index in [9.17, 15) is 0 Å². The van der Waals surface area contributed by atoms with Crippen LogP contribution in [0.15, 0.2) is 30.5 Å². The summed E-state index contributed by atoms with van der Waals surface area (Å²) in [5, 5.41) is 12.3. The molecule has 1 aromatic carbocycles. The third-order valence-corrected chi connectivity index (χ3v) is 3.14. The topological polar surface area (TPSA) is 59.2 Å². The van der Waals surface area contributed by atoms with E-state index in [0.717, 1.165) is 17.0 Å². The molecule has 0 aliphatic heterocycles. The molecule has 0 radical (unpaired) electrons. The van der Waals surface area contributed by atoms with E-state index in [0.29, 0.717) is 24.6 Å². The molecule has 0 aliphatic carbocycles. The molecule has 1 heterocycles. The van der Waals surface area contributed by atoms with Crippen LogP contribution in [-0.2, 0) is 13.6 Å². The van der Waals surface area contributed by atoms with Crippen LogP contribution in [0.3, 0.4) is 0 Å². The van der Waals surface area contributed by atoms with Gasteiger partial charge in [-0.15, -0.1) is 0 Å². The highest BCUT2D eigenvalue weighted by molar-refractivity contribution is 5.55. The first-order chi connectivity index (χ1) is 10.2. The molecule has 0 aliphatic rings. The standard InChI is InChI=1S/C16H19N3O2/c1-4-21-15-6-5-13(8-16(15)20-3)18-10-12-7-14(9-17)19(2)11-12/h5-8,11,18H,4,10H2,1-3H3. The number of aryl methyl sites for hydroxylation is 1. The minimum Gasteiger partial charge on any atom is -0.493 e. The van der Waals surface area contributed by atoms with Gasteiger partial charge < -0.3 is 19.4 Å². The first-order valence-electron chi connectivity index (χ1n) is 6.78. The minimum absolute atomic E-state index is 0.601. The third kappa shape index (κ3) is 3.48. The Morgan fingerprint density at radius 3 is 2.71 bits per heavy atom. The average molecular weight is 285 g/mol. The molecule has 21 heavy (non-hydrogen) atoms. The van der Waals surface area contributed by atoms with Crippen LogP contribution in [0.1, 0.15) is 18.2 Å². The number of hydrogen-bond donors (Lipinski definition) is 1. The van der Waals surface area contributed by atoms with Crippen molar-refractivity contribution in [1.29, 1.82) is 5.26 Å². The van der Waals surface area contributed by atoms with Crippen LogP contribution in [-0.4, -0.2) is 18.3 Å². The highest BCUT2D eigenvalue weighted by atomic mass is 16.5. The summed E-state index contributed by atoms with van der Waals surface area (Å²) in [4.78, 5) is 0.